The standard InChI is InChI=1S/C19H25N/c1-16(2)14-15-20(3)19(17-10-6-4-7-11-17)18-12-8-5-9-13-18/h4-13,16,19H,14-15H2,1-3H3. The van der Waals surface area contributed by atoms with Gasteiger partial charge in [0.25, 0.3) is 0 Å². The third kappa shape index (κ3) is 3.94. The molecule has 0 spiro atoms. The van der Waals surface area contributed by atoms with Crippen LogP contribution >= 0.6 is 0 Å². The van der Waals surface area contributed by atoms with Gasteiger partial charge >= 0.3 is 0 Å². The van der Waals surface area contributed by atoms with Crippen molar-refractivity contribution in [1.29, 1.82) is 0 Å². The molecule has 1 nitrogen and oxygen atoms in total. The van der Waals surface area contributed by atoms with Crippen LogP contribution in [0.1, 0.15) is 37.4 Å². The van der Waals surface area contributed by atoms with E-state index in [2.05, 4.69) is 86.5 Å². The van der Waals surface area contributed by atoms with Crippen molar-refractivity contribution in [2.45, 2.75) is 26.3 Å². The number of hydrogen-bond donors (Lipinski definition) is 0. The smallest absolute Gasteiger partial charge is 0.0599 e. The molecule has 0 aliphatic heterocycles. The van der Waals surface area contributed by atoms with E-state index in [4.69, 9.17) is 0 Å². The van der Waals surface area contributed by atoms with Crippen LogP contribution in [0.25, 0.3) is 0 Å². The molecule has 0 bridgehead atoms. The summed E-state index contributed by atoms with van der Waals surface area (Å²) in [4.78, 5) is 2.46. The molecule has 0 radical (unpaired) electrons. The summed E-state index contributed by atoms with van der Waals surface area (Å²) in [6.45, 7) is 5.69. The van der Waals surface area contributed by atoms with Crippen LogP contribution in [0.3, 0.4) is 0 Å². The van der Waals surface area contributed by atoms with E-state index in [1.807, 2.05) is 0 Å². The van der Waals surface area contributed by atoms with E-state index in [1.165, 1.54) is 17.5 Å². The zero-order valence-corrected chi connectivity index (χ0v) is 12.8. The van der Waals surface area contributed by atoms with Crippen LogP contribution in [-0.4, -0.2) is 18.5 Å². The van der Waals surface area contributed by atoms with E-state index >= 15 is 0 Å². The summed E-state index contributed by atoms with van der Waals surface area (Å²) in [7, 11) is 2.23. The van der Waals surface area contributed by atoms with Crippen molar-refractivity contribution in [3.8, 4) is 0 Å². The van der Waals surface area contributed by atoms with E-state index in [-0.39, 0.29) is 0 Å². The Kier molecular flexibility index (Phi) is 5.37. The van der Waals surface area contributed by atoms with E-state index in [9.17, 15) is 0 Å². The predicted octanol–water partition coefficient (Wildman–Crippen LogP) is 4.75. The molecule has 0 saturated carbocycles. The molecular formula is C19H25N. The van der Waals surface area contributed by atoms with Crippen molar-refractivity contribution in [3.05, 3.63) is 71.8 Å². The molecule has 0 fully saturated rings. The summed E-state index contributed by atoms with van der Waals surface area (Å²) < 4.78 is 0. The highest BCUT2D eigenvalue weighted by atomic mass is 15.1. The molecule has 2 aromatic rings. The molecule has 0 aromatic heterocycles. The summed E-state index contributed by atoms with van der Waals surface area (Å²) in [6.07, 6.45) is 1.23. The summed E-state index contributed by atoms with van der Waals surface area (Å²) in [5, 5.41) is 0. The maximum Gasteiger partial charge on any atom is 0.0599 e. The average Bonchev–Trinajstić information content (AvgIpc) is 2.48. The number of nitrogens with zero attached hydrogens (tertiary/aromatic N) is 1. The minimum absolute atomic E-state index is 0.344. The van der Waals surface area contributed by atoms with Gasteiger partial charge in [-0.2, -0.15) is 0 Å². The molecule has 2 rings (SSSR count). The van der Waals surface area contributed by atoms with Gasteiger partial charge in [0, 0.05) is 0 Å². The maximum absolute atomic E-state index is 2.46. The van der Waals surface area contributed by atoms with Gasteiger partial charge in [-0.25, -0.2) is 0 Å². The van der Waals surface area contributed by atoms with Crippen molar-refractivity contribution in [3.63, 3.8) is 0 Å². The molecule has 0 N–H and O–H groups in total. The van der Waals surface area contributed by atoms with Crippen LogP contribution in [0.15, 0.2) is 60.7 Å². The minimum atomic E-state index is 0.344. The third-order valence-corrected chi connectivity index (χ3v) is 3.73. The van der Waals surface area contributed by atoms with Gasteiger partial charge in [-0.15, -0.1) is 0 Å². The molecule has 0 aliphatic carbocycles. The highest BCUT2D eigenvalue weighted by Gasteiger charge is 2.18. The Labute approximate surface area is 123 Å². The SMILES string of the molecule is CC(C)CCN(C)C(c1ccccc1)c1ccccc1. The van der Waals surface area contributed by atoms with Crippen molar-refractivity contribution < 1.29 is 0 Å². The Morgan fingerprint density at radius 1 is 0.800 bits per heavy atom. The first-order valence-corrected chi connectivity index (χ1v) is 7.48. The summed E-state index contributed by atoms with van der Waals surface area (Å²) in [5.74, 6) is 0.740. The second kappa shape index (κ2) is 7.25. The van der Waals surface area contributed by atoms with Gasteiger partial charge in [-0.3, -0.25) is 4.90 Å². The van der Waals surface area contributed by atoms with Gasteiger partial charge < -0.3 is 0 Å². The second-order valence-electron chi connectivity index (χ2n) is 5.89. The molecule has 2 aromatic carbocycles. The first-order chi connectivity index (χ1) is 9.68. The van der Waals surface area contributed by atoms with E-state index in [0.717, 1.165) is 12.5 Å². The van der Waals surface area contributed by atoms with Crippen LogP contribution < -0.4 is 0 Å². The Morgan fingerprint density at radius 2 is 1.25 bits per heavy atom. The summed E-state index contributed by atoms with van der Waals surface area (Å²) in [5.41, 5.74) is 2.73. The highest BCUT2D eigenvalue weighted by molar-refractivity contribution is 5.31. The maximum atomic E-state index is 2.46. The van der Waals surface area contributed by atoms with Gasteiger partial charge in [-0.05, 0) is 37.1 Å². The van der Waals surface area contributed by atoms with E-state index in [1.54, 1.807) is 0 Å². The zero-order chi connectivity index (χ0) is 14.4. The average molecular weight is 267 g/mol. The van der Waals surface area contributed by atoms with Gasteiger partial charge in [-0.1, -0.05) is 74.5 Å². The predicted molar refractivity (Wildman–Crippen MR) is 86.8 cm³/mol. The van der Waals surface area contributed by atoms with Gasteiger partial charge in [0.15, 0.2) is 0 Å². The number of hydrogen-bond acceptors (Lipinski definition) is 1. The van der Waals surface area contributed by atoms with Crippen molar-refractivity contribution in [2.75, 3.05) is 13.6 Å². The Morgan fingerprint density at radius 3 is 1.65 bits per heavy atom. The third-order valence-electron chi connectivity index (χ3n) is 3.73. The van der Waals surface area contributed by atoms with Crippen molar-refractivity contribution >= 4 is 0 Å². The molecule has 20 heavy (non-hydrogen) atoms. The molecule has 0 unspecified atom stereocenters. The van der Waals surface area contributed by atoms with Gasteiger partial charge in [0.05, 0.1) is 6.04 Å². The van der Waals surface area contributed by atoms with Crippen LogP contribution in [0.5, 0.6) is 0 Å². The van der Waals surface area contributed by atoms with Crippen LogP contribution in [0.2, 0.25) is 0 Å². The Balaban J connectivity index is 2.25. The topological polar surface area (TPSA) is 3.24 Å². The summed E-state index contributed by atoms with van der Waals surface area (Å²) >= 11 is 0. The molecule has 0 atom stereocenters. The second-order valence-corrected chi connectivity index (χ2v) is 5.89. The van der Waals surface area contributed by atoms with Gasteiger partial charge in [0.1, 0.15) is 0 Å². The fourth-order valence-electron chi connectivity index (χ4n) is 2.56. The fraction of sp³-hybridized carbons (Fsp3) is 0.368. The molecule has 0 aliphatic rings. The Bertz CT molecular complexity index is 450. The monoisotopic (exact) mass is 267 g/mol. The number of benzene rings is 2. The zero-order valence-electron chi connectivity index (χ0n) is 12.8. The molecule has 0 saturated heterocycles. The van der Waals surface area contributed by atoms with Gasteiger partial charge in [0.2, 0.25) is 0 Å². The Hall–Kier alpha value is -1.60. The largest absolute Gasteiger partial charge is 0.295 e. The van der Waals surface area contributed by atoms with E-state index in [0.29, 0.717) is 6.04 Å². The first-order valence-electron chi connectivity index (χ1n) is 7.48. The van der Waals surface area contributed by atoms with E-state index < -0.39 is 0 Å². The lowest BCUT2D eigenvalue weighted by Gasteiger charge is -2.29. The van der Waals surface area contributed by atoms with Crippen LogP contribution in [0, 0.1) is 5.92 Å². The summed E-state index contributed by atoms with van der Waals surface area (Å²) in [6, 6.07) is 21.9. The minimum Gasteiger partial charge on any atom is -0.295 e. The number of rotatable bonds is 6. The lowest BCUT2D eigenvalue weighted by Crippen LogP contribution is -2.27. The molecular weight excluding hydrogens is 242 g/mol. The molecule has 1 heteroatoms. The lowest BCUT2D eigenvalue weighted by atomic mass is 9.97. The molecule has 0 heterocycles. The van der Waals surface area contributed by atoms with Crippen LogP contribution in [-0.2, 0) is 0 Å². The first kappa shape index (κ1) is 14.8. The van der Waals surface area contributed by atoms with Crippen molar-refractivity contribution in [1.82, 2.24) is 4.90 Å². The van der Waals surface area contributed by atoms with Crippen molar-refractivity contribution in [2.24, 2.45) is 5.92 Å². The highest BCUT2D eigenvalue weighted by Crippen LogP contribution is 2.27. The normalized spacial score (nSPS) is 11.5. The van der Waals surface area contributed by atoms with Crippen LogP contribution in [0.4, 0.5) is 0 Å². The molecule has 0 amide bonds. The lowest BCUT2D eigenvalue weighted by molar-refractivity contribution is 0.262. The molecule has 106 valence electrons. The quantitative estimate of drug-likeness (QED) is 0.729. The fourth-order valence-corrected chi connectivity index (χ4v) is 2.56.